The molecule has 31 heavy (non-hydrogen) atoms. The molecule has 2 aliphatic rings. The molecule has 1 aromatic rings. The van der Waals surface area contributed by atoms with E-state index in [1.54, 1.807) is 0 Å². The molecule has 6 atom stereocenters. The second-order valence-electron chi connectivity index (χ2n) is 8.76. The van der Waals surface area contributed by atoms with Crippen molar-refractivity contribution in [3.05, 3.63) is 46.0 Å². The Labute approximate surface area is 181 Å². The van der Waals surface area contributed by atoms with Crippen molar-refractivity contribution in [2.45, 2.75) is 70.0 Å². The van der Waals surface area contributed by atoms with Crippen LogP contribution in [0.15, 0.2) is 30.3 Å². The molecule has 0 spiro atoms. The van der Waals surface area contributed by atoms with Gasteiger partial charge in [-0.05, 0) is 30.2 Å². The number of aliphatic carboxylic acids is 1. The van der Waals surface area contributed by atoms with Crippen molar-refractivity contribution in [3.8, 4) is 0 Å². The van der Waals surface area contributed by atoms with Crippen LogP contribution < -0.4 is 10.6 Å². The number of carbonyl (C=O) groups is 2. The van der Waals surface area contributed by atoms with Crippen molar-refractivity contribution >= 4 is 12.4 Å². The summed E-state index contributed by atoms with van der Waals surface area (Å²) in [5.41, 5.74) is -0.533. The van der Waals surface area contributed by atoms with Crippen LogP contribution in [0, 0.1) is 27.9 Å². The number of benzene rings is 1. The molecular weight excluding hydrogens is 402 g/mol. The van der Waals surface area contributed by atoms with E-state index in [1.165, 1.54) is 0 Å². The lowest BCUT2D eigenvalue weighted by atomic mass is 9.77. The molecule has 9 heteroatoms. The number of amides is 1. The topological polar surface area (TPSA) is 131 Å². The van der Waals surface area contributed by atoms with Gasteiger partial charge in [0.25, 0.3) is 0 Å². The van der Waals surface area contributed by atoms with Crippen LogP contribution in [-0.4, -0.2) is 46.3 Å². The van der Waals surface area contributed by atoms with E-state index in [2.05, 4.69) is 10.6 Å². The summed E-state index contributed by atoms with van der Waals surface area (Å²) in [5, 5.41) is 27.7. The van der Waals surface area contributed by atoms with Crippen molar-refractivity contribution in [3.63, 3.8) is 0 Å². The lowest BCUT2D eigenvalue weighted by Crippen LogP contribution is -2.63. The number of nitro groups is 1. The molecule has 0 unspecified atom stereocenters. The Hall–Kier alpha value is -2.52. The third kappa shape index (κ3) is 5.04. The van der Waals surface area contributed by atoms with E-state index in [-0.39, 0.29) is 23.4 Å². The van der Waals surface area contributed by atoms with Gasteiger partial charge in [-0.2, -0.15) is 0 Å². The fourth-order valence-electron chi connectivity index (χ4n) is 4.91. The quantitative estimate of drug-likeness (QED) is 0.262. The highest BCUT2D eigenvalue weighted by molar-refractivity contribution is 5.69. The van der Waals surface area contributed by atoms with E-state index < -0.39 is 42.2 Å². The molecule has 3 rings (SSSR count). The maximum Gasteiger partial charge on any atom is 0.307 e. The number of carboxylic acids is 1. The van der Waals surface area contributed by atoms with Gasteiger partial charge in [0.2, 0.25) is 12.5 Å². The zero-order valence-electron chi connectivity index (χ0n) is 17.9. The van der Waals surface area contributed by atoms with E-state index in [9.17, 15) is 24.8 Å². The van der Waals surface area contributed by atoms with Crippen LogP contribution >= 0.6 is 0 Å². The van der Waals surface area contributed by atoms with Crippen LogP contribution in [0.4, 0.5) is 0 Å². The summed E-state index contributed by atoms with van der Waals surface area (Å²) in [6.45, 7) is 4.16. The molecule has 0 aromatic heterocycles. The normalized spacial score (nSPS) is 29.8. The van der Waals surface area contributed by atoms with Crippen LogP contribution in [0.3, 0.4) is 0 Å². The molecule has 1 saturated carbocycles. The molecule has 1 heterocycles. The second kappa shape index (κ2) is 9.74. The van der Waals surface area contributed by atoms with Gasteiger partial charge in [-0.1, -0.05) is 50.6 Å². The Kier molecular flexibility index (Phi) is 7.27. The van der Waals surface area contributed by atoms with Crippen LogP contribution in [0.2, 0.25) is 0 Å². The summed E-state index contributed by atoms with van der Waals surface area (Å²) in [4.78, 5) is 35.3. The van der Waals surface area contributed by atoms with Crippen LogP contribution in [0.5, 0.6) is 0 Å². The van der Waals surface area contributed by atoms with Crippen molar-refractivity contribution in [1.82, 2.24) is 10.6 Å². The lowest BCUT2D eigenvalue weighted by Gasteiger charge is -2.40. The van der Waals surface area contributed by atoms with E-state index in [4.69, 9.17) is 4.74 Å². The molecule has 1 aliphatic carbocycles. The summed E-state index contributed by atoms with van der Waals surface area (Å²) in [6, 6.07) is 7.91. The number of carboxylic acid groups (broad SMARTS) is 1. The summed E-state index contributed by atoms with van der Waals surface area (Å²) in [6.07, 6.45) is 1.73. The summed E-state index contributed by atoms with van der Waals surface area (Å²) in [5.74, 6) is -1.98. The molecule has 1 saturated heterocycles. The molecule has 2 fully saturated rings. The van der Waals surface area contributed by atoms with Gasteiger partial charge < -0.3 is 15.2 Å². The first-order valence-corrected chi connectivity index (χ1v) is 10.8. The van der Waals surface area contributed by atoms with Gasteiger partial charge in [-0.25, -0.2) is 0 Å². The summed E-state index contributed by atoms with van der Waals surface area (Å²) >= 11 is 0. The average Bonchev–Trinajstić information content (AvgIpc) is 3.52. The molecule has 1 aliphatic heterocycles. The predicted octanol–water partition coefficient (Wildman–Crippen LogP) is 2.18. The van der Waals surface area contributed by atoms with Crippen molar-refractivity contribution in [1.29, 1.82) is 0 Å². The predicted molar refractivity (Wildman–Crippen MR) is 113 cm³/mol. The maximum absolute atomic E-state index is 12.3. The Morgan fingerprint density at radius 2 is 2.10 bits per heavy atom. The molecule has 3 N–H and O–H groups in total. The highest BCUT2D eigenvalue weighted by Gasteiger charge is 2.65. The molecule has 170 valence electrons. The number of nitrogens with zero attached hydrogens (tertiary/aromatic N) is 1. The van der Waals surface area contributed by atoms with E-state index in [0.29, 0.717) is 12.8 Å². The minimum absolute atomic E-state index is 0.0856. The zero-order chi connectivity index (χ0) is 22.6. The van der Waals surface area contributed by atoms with Gasteiger partial charge in [0.1, 0.15) is 5.66 Å². The van der Waals surface area contributed by atoms with Crippen molar-refractivity contribution in [2.24, 2.45) is 17.8 Å². The second-order valence-corrected chi connectivity index (χ2v) is 8.76. The zero-order valence-corrected chi connectivity index (χ0v) is 17.9. The van der Waals surface area contributed by atoms with Gasteiger partial charge in [0, 0.05) is 4.92 Å². The van der Waals surface area contributed by atoms with Crippen LogP contribution in [0.1, 0.15) is 45.1 Å². The Morgan fingerprint density at radius 1 is 1.42 bits per heavy atom. The van der Waals surface area contributed by atoms with Gasteiger partial charge in [-0.3, -0.25) is 25.0 Å². The third-order valence-corrected chi connectivity index (χ3v) is 6.69. The molecule has 1 amide bonds. The minimum atomic E-state index is -1.45. The summed E-state index contributed by atoms with van der Waals surface area (Å²) < 4.78 is 6.28. The smallest absolute Gasteiger partial charge is 0.307 e. The van der Waals surface area contributed by atoms with Crippen LogP contribution in [-0.2, 0) is 20.9 Å². The first-order chi connectivity index (χ1) is 14.8. The molecular formula is C22H31N3O6. The van der Waals surface area contributed by atoms with Crippen molar-refractivity contribution < 1.29 is 24.4 Å². The average molecular weight is 434 g/mol. The first kappa shape index (κ1) is 23.1. The van der Waals surface area contributed by atoms with Gasteiger partial charge in [-0.15, -0.1) is 0 Å². The van der Waals surface area contributed by atoms with E-state index in [0.717, 1.165) is 18.4 Å². The Balaban J connectivity index is 2.02. The molecule has 1 aromatic carbocycles. The maximum atomic E-state index is 12.3. The number of rotatable bonds is 12. The Bertz CT molecular complexity index is 787. The lowest BCUT2D eigenvalue weighted by molar-refractivity contribution is -0.536. The van der Waals surface area contributed by atoms with Gasteiger partial charge >= 0.3 is 5.97 Å². The number of hydrogen-bond acceptors (Lipinski definition) is 6. The standard InChI is InChI=1S/C22H31N3O6/c1-3-14(2)21(31-12-15-7-5-4-6-8-15)18-20(25(29)30)19(16-9-10-16)24-22(18,23-13-26)11-17(27)28/h4-8,13-14,16,18-21,24H,3,9-12H2,1-2H3,(H,23,26)(H,27,28)/t14-,18-,19-,20-,21-,22+/m0/s1. The monoisotopic (exact) mass is 433 g/mol. The van der Waals surface area contributed by atoms with Gasteiger partial charge in [0.05, 0.1) is 31.1 Å². The van der Waals surface area contributed by atoms with Gasteiger partial charge in [0.15, 0.2) is 0 Å². The SMILES string of the molecule is CC[C@H](C)[C@H](OCc1ccccc1)[C@@H]1[C@H]([N+](=O)[O-])[C@H](C2CC2)N[C@@]1(CC(=O)O)NC=O. The van der Waals surface area contributed by atoms with E-state index in [1.807, 2.05) is 44.2 Å². The van der Waals surface area contributed by atoms with E-state index >= 15 is 0 Å². The Morgan fingerprint density at radius 3 is 2.61 bits per heavy atom. The highest BCUT2D eigenvalue weighted by atomic mass is 16.6. The number of ether oxygens (including phenoxy) is 1. The number of carbonyl (C=O) groups excluding carboxylic acids is 1. The minimum Gasteiger partial charge on any atom is -0.481 e. The molecule has 0 bridgehead atoms. The van der Waals surface area contributed by atoms with Crippen molar-refractivity contribution in [2.75, 3.05) is 0 Å². The van der Waals surface area contributed by atoms with Crippen LogP contribution in [0.25, 0.3) is 0 Å². The number of hydrogen-bond donors (Lipinski definition) is 3. The highest BCUT2D eigenvalue weighted by Crippen LogP contribution is 2.47. The fourth-order valence-corrected chi connectivity index (χ4v) is 4.91. The number of nitrogens with one attached hydrogen (secondary N) is 2. The summed E-state index contributed by atoms with van der Waals surface area (Å²) in [7, 11) is 0. The largest absolute Gasteiger partial charge is 0.481 e. The first-order valence-electron chi connectivity index (χ1n) is 10.8. The third-order valence-electron chi connectivity index (χ3n) is 6.69. The molecule has 0 radical (unpaired) electrons. The fraction of sp³-hybridized carbons (Fsp3) is 0.636. The molecule has 9 nitrogen and oxygen atoms in total.